The largest absolute Gasteiger partial charge is 0.497 e. The molecule has 13 nitrogen and oxygen atoms in total. The first kappa shape index (κ1) is 34.7. The zero-order valence-corrected chi connectivity index (χ0v) is 28.5. The Bertz CT molecular complexity index is 2190. The summed E-state index contributed by atoms with van der Waals surface area (Å²) >= 11 is 6.30. The first-order valence-electron chi connectivity index (χ1n) is 15.7. The molecule has 0 spiro atoms. The lowest BCUT2D eigenvalue weighted by molar-refractivity contribution is -0.384. The second kappa shape index (κ2) is 14.8. The van der Waals surface area contributed by atoms with Crippen LogP contribution in [0.1, 0.15) is 17.4 Å². The number of non-ortho nitro benzene ring substituents is 1. The number of hydrogen-bond donors (Lipinski definition) is 1. The Morgan fingerprint density at radius 1 is 0.980 bits per heavy atom. The average molecular weight is 717 g/mol. The minimum atomic E-state index is -3.88. The molecule has 1 fully saturated rings. The number of benzene rings is 4. The van der Waals surface area contributed by atoms with E-state index >= 15 is 0 Å². The number of amides is 1. The number of fused-ring (bicyclic) bond motifs is 1. The van der Waals surface area contributed by atoms with Crippen LogP contribution in [-0.2, 0) is 21.2 Å². The molecule has 50 heavy (non-hydrogen) atoms. The molecule has 0 unspecified atom stereocenters. The van der Waals surface area contributed by atoms with Crippen LogP contribution in [0.4, 0.5) is 5.69 Å². The molecule has 1 aliphatic heterocycles. The molecule has 15 heteroatoms. The predicted molar refractivity (Wildman–Crippen MR) is 188 cm³/mol. The number of aromatic nitrogens is 2. The van der Waals surface area contributed by atoms with Crippen molar-refractivity contribution >= 4 is 44.1 Å². The van der Waals surface area contributed by atoms with E-state index in [0.717, 1.165) is 17.7 Å². The van der Waals surface area contributed by atoms with Gasteiger partial charge in [-0.15, -0.1) is 0 Å². The maximum absolute atomic E-state index is 14.1. The number of rotatable bonds is 11. The molecule has 258 valence electrons. The number of sulfonamides is 1. The van der Waals surface area contributed by atoms with Crippen LogP contribution >= 0.6 is 11.6 Å². The monoisotopic (exact) mass is 716 g/mol. The van der Waals surface area contributed by atoms with Gasteiger partial charge in [-0.25, -0.2) is 13.4 Å². The minimum absolute atomic E-state index is 0.0249. The van der Waals surface area contributed by atoms with Crippen LogP contribution in [0.15, 0.2) is 107 Å². The lowest BCUT2D eigenvalue weighted by Crippen LogP contribution is -2.51. The van der Waals surface area contributed by atoms with Crippen molar-refractivity contribution in [3.05, 3.63) is 134 Å². The molecule has 0 aliphatic carbocycles. The first-order valence-corrected chi connectivity index (χ1v) is 17.5. The Kier molecular flexibility index (Phi) is 10.2. The fourth-order valence-electron chi connectivity index (χ4n) is 5.91. The molecule has 5 aromatic rings. The minimum Gasteiger partial charge on any atom is -0.497 e. The van der Waals surface area contributed by atoms with E-state index < -0.39 is 21.0 Å². The Hall–Kier alpha value is -5.15. The summed E-state index contributed by atoms with van der Waals surface area (Å²) in [5.74, 6) is 0.587. The molecule has 6 rings (SSSR count). The van der Waals surface area contributed by atoms with Crippen LogP contribution < -0.4 is 15.6 Å². The van der Waals surface area contributed by atoms with Gasteiger partial charge in [0.05, 0.1) is 46.1 Å². The quantitative estimate of drug-likeness (QED) is 0.155. The zero-order chi connectivity index (χ0) is 35.4. The Balaban J connectivity index is 1.26. The summed E-state index contributed by atoms with van der Waals surface area (Å²) in [6, 6.07) is 25.4. The van der Waals surface area contributed by atoms with Gasteiger partial charge >= 0.3 is 0 Å². The smallest absolute Gasteiger partial charge is 0.269 e. The standard InChI is InChI=1S/C35H33ClN6O7S/c1-49-28-12-8-26(9-13-28)41-34(38-31-22-25(36)7-16-30(31)35(41)44)32(21-24-5-3-2-4-6-24)37-33(43)23-39-17-19-40(20-18-39)50(47,48)29-14-10-27(11-15-29)42(45)46/h2-16,22,32H,17-21,23H2,1H3,(H,37,43)/t32-/m0/s1. The molecule has 4 aromatic carbocycles. The topological polar surface area (TPSA) is 157 Å². The molecular formula is C35H33ClN6O7S. The van der Waals surface area contributed by atoms with Gasteiger partial charge in [-0.1, -0.05) is 41.9 Å². The van der Waals surface area contributed by atoms with E-state index in [1.807, 2.05) is 35.2 Å². The van der Waals surface area contributed by atoms with Gasteiger partial charge < -0.3 is 10.1 Å². The molecule has 2 heterocycles. The van der Waals surface area contributed by atoms with Crippen LogP contribution in [0.2, 0.25) is 5.02 Å². The van der Waals surface area contributed by atoms with Crippen LogP contribution in [-0.4, -0.2) is 77.8 Å². The number of nitrogens with one attached hydrogen (secondary N) is 1. The average Bonchev–Trinajstić information content (AvgIpc) is 3.12. The van der Waals surface area contributed by atoms with Crippen LogP contribution in [0.3, 0.4) is 0 Å². The van der Waals surface area contributed by atoms with Gasteiger partial charge in [0, 0.05) is 43.3 Å². The van der Waals surface area contributed by atoms with Crippen molar-refractivity contribution in [2.24, 2.45) is 0 Å². The van der Waals surface area contributed by atoms with Crippen molar-refractivity contribution in [3.63, 3.8) is 0 Å². The Morgan fingerprint density at radius 3 is 2.30 bits per heavy atom. The van der Waals surface area contributed by atoms with Gasteiger partial charge in [0.1, 0.15) is 11.6 Å². The van der Waals surface area contributed by atoms with Gasteiger partial charge in [-0.3, -0.25) is 29.2 Å². The summed E-state index contributed by atoms with van der Waals surface area (Å²) in [5, 5.41) is 14.9. The summed E-state index contributed by atoms with van der Waals surface area (Å²) in [5.41, 5.74) is 1.30. The van der Waals surface area contributed by atoms with Crippen molar-refractivity contribution in [1.29, 1.82) is 0 Å². The third-order valence-corrected chi connectivity index (χ3v) is 10.6. The lowest BCUT2D eigenvalue weighted by Gasteiger charge is -2.34. The highest BCUT2D eigenvalue weighted by Gasteiger charge is 2.30. The van der Waals surface area contributed by atoms with Crippen LogP contribution in [0, 0.1) is 10.1 Å². The van der Waals surface area contributed by atoms with Crippen molar-refractivity contribution in [2.45, 2.75) is 17.4 Å². The number of hydrogen-bond acceptors (Lipinski definition) is 9. The van der Waals surface area contributed by atoms with E-state index in [1.165, 1.54) is 21.0 Å². The summed E-state index contributed by atoms with van der Waals surface area (Å²) in [6.07, 6.45) is 0.322. The SMILES string of the molecule is COc1ccc(-n2c([C@H](Cc3ccccc3)NC(=O)CN3CCN(S(=O)(=O)c4ccc([N+](=O)[O-])cc4)CC3)nc3cc(Cl)ccc3c2=O)cc1. The maximum atomic E-state index is 14.1. The molecule has 0 saturated carbocycles. The second-order valence-corrected chi connectivity index (χ2v) is 14.1. The fraction of sp³-hybridized carbons (Fsp3) is 0.229. The Morgan fingerprint density at radius 2 is 1.66 bits per heavy atom. The highest BCUT2D eigenvalue weighted by molar-refractivity contribution is 7.89. The normalized spacial score (nSPS) is 14.7. The molecule has 1 saturated heterocycles. The number of methoxy groups -OCH3 is 1. The van der Waals surface area contributed by atoms with E-state index in [1.54, 1.807) is 49.6 Å². The number of carbonyl (C=O) groups excluding carboxylic acids is 1. The summed E-state index contributed by atoms with van der Waals surface area (Å²) in [7, 11) is -2.33. The van der Waals surface area contributed by atoms with Gasteiger partial charge in [-0.2, -0.15) is 4.31 Å². The molecule has 1 aromatic heterocycles. The van der Waals surface area contributed by atoms with Crippen LogP contribution in [0.5, 0.6) is 5.75 Å². The Labute approximate surface area is 292 Å². The van der Waals surface area contributed by atoms with Crippen molar-refractivity contribution in [3.8, 4) is 11.4 Å². The molecular weight excluding hydrogens is 684 g/mol. The number of carbonyl (C=O) groups is 1. The van der Waals surface area contributed by atoms with Crippen molar-refractivity contribution in [2.75, 3.05) is 39.8 Å². The molecule has 0 bridgehead atoms. The molecule has 1 atom stereocenters. The molecule has 1 amide bonds. The van der Waals surface area contributed by atoms with Gasteiger partial charge in [0.2, 0.25) is 15.9 Å². The third kappa shape index (κ3) is 7.53. The van der Waals surface area contributed by atoms with E-state index in [-0.39, 0.29) is 54.8 Å². The number of nitro groups is 1. The number of nitrogens with zero attached hydrogens (tertiary/aromatic N) is 5. The summed E-state index contributed by atoms with van der Waals surface area (Å²) < 4.78 is 34.5. The highest BCUT2D eigenvalue weighted by atomic mass is 35.5. The summed E-state index contributed by atoms with van der Waals surface area (Å²) in [6.45, 7) is 0.801. The molecule has 1 aliphatic rings. The van der Waals surface area contributed by atoms with Crippen molar-refractivity contribution < 1.29 is 22.9 Å². The summed E-state index contributed by atoms with van der Waals surface area (Å²) in [4.78, 5) is 44.9. The predicted octanol–water partition coefficient (Wildman–Crippen LogP) is 4.36. The molecule has 1 N–H and O–H groups in total. The first-order chi connectivity index (χ1) is 24.0. The maximum Gasteiger partial charge on any atom is 0.269 e. The van der Waals surface area contributed by atoms with Gasteiger partial charge in [-0.05, 0) is 66.6 Å². The van der Waals surface area contributed by atoms with Crippen molar-refractivity contribution in [1.82, 2.24) is 24.1 Å². The van der Waals surface area contributed by atoms with E-state index in [9.17, 15) is 28.1 Å². The van der Waals surface area contributed by atoms with E-state index in [4.69, 9.17) is 21.3 Å². The van der Waals surface area contributed by atoms with Crippen LogP contribution in [0.25, 0.3) is 16.6 Å². The number of nitro benzene ring substituents is 1. The van der Waals surface area contributed by atoms with E-state index in [2.05, 4.69) is 5.32 Å². The fourth-order valence-corrected chi connectivity index (χ4v) is 7.50. The van der Waals surface area contributed by atoms with Gasteiger partial charge in [0.25, 0.3) is 11.2 Å². The second-order valence-electron chi connectivity index (χ2n) is 11.7. The molecule has 0 radical (unpaired) electrons. The zero-order valence-electron chi connectivity index (χ0n) is 26.9. The lowest BCUT2D eigenvalue weighted by atomic mass is 10.0. The number of ether oxygens (including phenoxy) is 1. The van der Waals surface area contributed by atoms with E-state index in [0.29, 0.717) is 39.6 Å². The third-order valence-electron chi connectivity index (χ3n) is 8.50. The number of halogens is 1. The van der Waals surface area contributed by atoms with Gasteiger partial charge in [0.15, 0.2) is 0 Å². The highest BCUT2D eigenvalue weighted by Crippen LogP contribution is 2.25. The number of piperazine rings is 1.